The second-order valence-electron chi connectivity index (χ2n) is 4.58. The van der Waals surface area contributed by atoms with Crippen molar-refractivity contribution in [2.24, 2.45) is 0 Å². The Bertz CT molecular complexity index is 516. The van der Waals surface area contributed by atoms with Gasteiger partial charge in [-0.2, -0.15) is 0 Å². The number of carboxylic acid groups (broad SMARTS) is 1. The second-order valence-corrected chi connectivity index (χ2v) is 5.02. The lowest BCUT2D eigenvalue weighted by Gasteiger charge is -2.17. The number of hydrogen-bond acceptors (Lipinski definition) is 3. The molecular formula is C14H17ClN2O4. The zero-order valence-corrected chi connectivity index (χ0v) is 12.4. The maximum absolute atomic E-state index is 11.8. The van der Waals surface area contributed by atoms with Gasteiger partial charge in [-0.15, -0.1) is 0 Å². The molecule has 1 aromatic rings. The Morgan fingerprint density at radius 2 is 1.81 bits per heavy atom. The van der Waals surface area contributed by atoms with Crippen molar-refractivity contribution in [2.45, 2.75) is 25.8 Å². The number of carbonyl (C=O) groups is 3. The maximum atomic E-state index is 11.8. The van der Waals surface area contributed by atoms with Crippen LogP contribution in [-0.4, -0.2) is 35.0 Å². The summed E-state index contributed by atoms with van der Waals surface area (Å²) in [5.74, 6) is -1.45. The van der Waals surface area contributed by atoms with Crippen LogP contribution in [0.3, 0.4) is 0 Å². The van der Waals surface area contributed by atoms with Crippen molar-refractivity contribution in [3.05, 3.63) is 34.9 Å². The lowest BCUT2D eigenvalue weighted by Crippen LogP contribution is -2.40. The number of halogens is 1. The van der Waals surface area contributed by atoms with Crippen LogP contribution in [0.4, 0.5) is 4.79 Å². The van der Waals surface area contributed by atoms with Gasteiger partial charge < -0.3 is 10.0 Å². The largest absolute Gasteiger partial charge is 0.481 e. The average Bonchev–Trinajstić information content (AvgIpc) is 2.40. The normalized spacial score (nSPS) is 10.0. The summed E-state index contributed by atoms with van der Waals surface area (Å²) < 4.78 is 0. The molecule has 0 aliphatic heterocycles. The Hall–Kier alpha value is -2.08. The monoisotopic (exact) mass is 312 g/mol. The molecule has 6 nitrogen and oxygen atoms in total. The van der Waals surface area contributed by atoms with Gasteiger partial charge in [-0.25, -0.2) is 4.79 Å². The molecule has 3 amide bonds. The Morgan fingerprint density at radius 1 is 1.19 bits per heavy atom. The number of nitrogens with zero attached hydrogens (tertiary/aromatic N) is 1. The van der Waals surface area contributed by atoms with E-state index in [0.717, 1.165) is 5.56 Å². The number of imide groups is 1. The van der Waals surface area contributed by atoms with Crippen LogP contribution in [0.25, 0.3) is 0 Å². The lowest BCUT2D eigenvalue weighted by atomic mass is 10.2. The minimum absolute atomic E-state index is 0.00677. The van der Waals surface area contributed by atoms with E-state index in [2.05, 4.69) is 5.32 Å². The summed E-state index contributed by atoms with van der Waals surface area (Å²) in [7, 11) is 1.56. The van der Waals surface area contributed by atoms with Crippen molar-refractivity contribution in [3.63, 3.8) is 0 Å². The molecule has 7 heteroatoms. The molecular weight excluding hydrogens is 296 g/mol. The highest BCUT2D eigenvalue weighted by Crippen LogP contribution is 2.10. The van der Waals surface area contributed by atoms with Gasteiger partial charge in [0.2, 0.25) is 5.91 Å². The summed E-state index contributed by atoms with van der Waals surface area (Å²) in [5.41, 5.74) is 0.885. The van der Waals surface area contributed by atoms with Crippen LogP contribution in [-0.2, 0) is 16.1 Å². The molecule has 0 aliphatic rings. The Labute approximate surface area is 127 Å². The molecule has 0 aliphatic carbocycles. The van der Waals surface area contributed by atoms with Crippen LogP contribution in [0.15, 0.2) is 24.3 Å². The highest BCUT2D eigenvalue weighted by atomic mass is 35.5. The fraction of sp³-hybridized carbons (Fsp3) is 0.357. The van der Waals surface area contributed by atoms with Gasteiger partial charge in [0.25, 0.3) is 0 Å². The molecule has 0 aromatic heterocycles. The summed E-state index contributed by atoms with van der Waals surface area (Å²) in [5, 5.41) is 11.3. The van der Waals surface area contributed by atoms with E-state index in [4.69, 9.17) is 16.7 Å². The van der Waals surface area contributed by atoms with Crippen molar-refractivity contribution < 1.29 is 19.5 Å². The molecule has 0 unspecified atom stereocenters. The average molecular weight is 313 g/mol. The number of carboxylic acids is 1. The number of hydrogen-bond donors (Lipinski definition) is 2. The number of benzene rings is 1. The van der Waals surface area contributed by atoms with Crippen LogP contribution >= 0.6 is 11.6 Å². The van der Waals surface area contributed by atoms with E-state index >= 15 is 0 Å². The summed E-state index contributed by atoms with van der Waals surface area (Å²) >= 11 is 5.77. The van der Waals surface area contributed by atoms with Crippen molar-refractivity contribution in [1.29, 1.82) is 0 Å². The zero-order valence-electron chi connectivity index (χ0n) is 11.6. The van der Waals surface area contributed by atoms with Gasteiger partial charge >= 0.3 is 12.0 Å². The highest BCUT2D eigenvalue weighted by Gasteiger charge is 2.13. The third-order valence-corrected chi connectivity index (χ3v) is 2.97. The molecule has 0 saturated heterocycles. The summed E-state index contributed by atoms with van der Waals surface area (Å²) in [6, 6.07) is 6.51. The molecule has 0 spiro atoms. The van der Waals surface area contributed by atoms with Gasteiger partial charge in [0.05, 0.1) is 0 Å². The minimum atomic E-state index is -0.964. The SMILES string of the molecule is CN(Cc1ccc(Cl)cc1)C(=O)NC(=O)CCCC(=O)O. The van der Waals surface area contributed by atoms with Gasteiger partial charge in [0.15, 0.2) is 0 Å². The Morgan fingerprint density at radius 3 is 2.38 bits per heavy atom. The zero-order chi connectivity index (χ0) is 15.8. The van der Waals surface area contributed by atoms with Gasteiger partial charge in [-0.3, -0.25) is 14.9 Å². The van der Waals surface area contributed by atoms with Crippen LogP contribution in [0.1, 0.15) is 24.8 Å². The highest BCUT2D eigenvalue weighted by molar-refractivity contribution is 6.30. The molecule has 1 aromatic carbocycles. The molecule has 21 heavy (non-hydrogen) atoms. The van der Waals surface area contributed by atoms with Gasteiger partial charge in [-0.05, 0) is 24.1 Å². The Balaban J connectivity index is 2.38. The predicted octanol–water partition coefficient (Wildman–Crippen LogP) is 2.26. The van der Waals surface area contributed by atoms with Gasteiger partial charge in [-0.1, -0.05) is 23.7 Å². The van der Waals surface area contributed by atoms with Crippen LogP contribution in [0.2, 0.25) is 5.02 Å². The number of rotatable bonds is 6. The number of amides is 3. The molecule has 0 radical (unpaired) electrons. The first kappa shape index (κ1) is 17.0. The topological polar surface area (TPSA) is 86.7 Å². The smallest absolute Gasteiger partial charge is 0.324 e. The van der Waals surface area contributed by atoms with E-state index in [9.17, 15) is 14.4 Å². The molecule has 0 bridgehead atoms. The number of nitrogens with one attached hydrogen (secondary N) is 1. The molecule has 0 heterocycles. The third kappa shape index (κ3) is 6.76. The quantitative estimate of drug-likeness (QED) is 0.843. The van der Waals surface area contributed by atoms with Crippen molar-refractivity contribution in [3.8, 4) is 0 Å². The summed E-state index contributed by atoms with van der Waals surface area (Å²) in [4.78, 5) is 34.9. The lowest BCUT2D eigenvalue weighted by molar-refractivity contribution is -0.137. The molecule has 0 saturated carbocycles. The van der Waals surface area contributed by atoms with E-state index in [1.54, 1.807) is 31.3 Å². The second kappa shape index (κ2) is 8.26. The molecule has 0 atom stereocenters. The molecule has 2 N–H and O–H groups in total. The number of urea groups is 1. The molecule has 0 fully saturated rings. The van der Waals surface area contributed by atoms with Crippen LogP contribution in [0, 0.1) is 0 Å². The predicted molar refractivity (Wildman–Crippen MR) is 77.9 cm³/mol. The van der Waals surface area contributed by atoms with E-state index in [0.29, 0.717) is 11.6 Å². The third-order valence-electron chi connectivity index (χ3n) is 2.72. The summed E-state index contributed by atoms with van der Waals surface area (Å²) in [6.07, 6.45) is 0.115. The van der Waals surface area contributed by atoms with E-state index in [1.165, 1.54) is 4.90 Å². The van der Waals surface area contributed by atoms with Gasteiger partial charge in [0.1, 0.15) is 0 Å². The van der Waals surface area contributed by atoms with Crippen LogP contribution < -0.4 is 5.32 Å². The molecule has 1 rings (SSSR count). The first-order valence-electron chi connectivity index (χ1n) is 6.39. The van der Waals surface area contributed by atoms with Crippen LogP contribution in [0.5, 0.6) is 0 Å². The van der Waals surface area contributed by atoms with E-state index in [-0.39, 0.29) is 19.3 Å². The minimum Gasteiger partial charge on any atom is -0.481 e. The first-order chi connectivity index (χ1) is 9.88. The standard InChI is InChI=1S/C14H17ClN2O4/c1-17(9-10-5-7-11(15)8-6-10)14(21)16-12(18)3-2-4-13(19)20/h5-8H,2-4,9H2,1H3,(H,19,20)(H,16,18,21). The number of carbonyl (C=O) groups excluding carboxylic acids is 2. The van der Waals surface area contributed by atoms with E-state index < -0.39 is 17.9 Å². The van der Waals surface area contributed by atoms with Crippen molar-refractivity contribution in [2.75, 3.05) is 7.05 Å². The first-order valence-corrected chi connectivity index (χ1v) is 6.77. The summed E-state index contributed by atoms with van der Waals surface area (Å²) in [6.45, 7) is 0.339. The van der Waals surface area contributed by atoms with Crippen molar-refractivity contribution >= 4 is 29.5 Å². The fourth-order valence-electron chi connectivity index (χ4n) is 1.61. The van der Waals surface area contributed by atoms with Gasteiger partial charge in [0, 0.05) is 31.5 Å². The van der Waals surface area contributed by atoms with E-state index in [1.807, 2.05) is 0 Å². The Kier molecular flexibility index (Phi) is 6.68. The number of aliphatic carboxylic acids is 1. The maximum Gasteiger partial charge on any atom is 0.324 e. The fourth-order valence-corrected chi connectivity index (χ4v) is 1.74. The van der Waals surface area contributed by atoms with Crippen molar-refractivity contribution in [1.82, 2.24) is 10.2 Å². The molecule has 114 valence electrons.